The Hall–Kier alpha value is -0.610. The van der Waals surface area contributed by atoms with Gasteiger partial charge in [-0.3, -0.25) is 4.79 Å². The standard InChI is InChI=1S/C10H21NO3/c1-9(11)5-3-6-10(12)14-8-4-7-13-2/h9H,3-8,11H2,1-2H3. The van der Waals surface area contributed by atoms with Crippen LogP contribution in [0.2, 0.25) is 0 Å². The summed E-state index contributed by atoms with van der Waals surface area (Å²) in [6.07, 6.45) is 2.90. The molecule has 4 nitrogen and oxygen atoms in total. The molecule has 0 aliphatic rings. The summed E-state index contributed by atoms with van der Waals surface area (Å²) >= 11 is 0. The van der Waals surface area contributed by atoms with E-state index in [-0.39, 0.29) is 12.0 Å². The van der Waals surface area contributed by atoms with Crippen molar-refractivity contribution in [3.63, 3.8) is 0 Å². The minimum Gasteiger partial charge on any atom is -0.466 e. The molecular weight excluding hydrogens is 182 g/mol. The fraction of sp³-hybridized carbons (Fsp3) is 0.900. The third-order valence-corrected chi connectivity index (χ3v) is 1.80. The Labute approximate surface area is 85.8 Å². The van der Waals surface area contributed by atoms with Crippen molar-refractivity contribution < 1.29 is 14.3 Å². The van der Waals surface area contributed by atoms with Crippen LogP contribution in [0.5, 0.6) is 0 Å². The third kappa shape index (κ3) is 9.48. The zero-order valence-electron chi connectivity index (χ0n) is 9.12. The Bertz CT molecular complexity index is 148. The number of esters is 1. The van der Waals surface area contributed by atoms with Gasteiger partial charge in [0.1, 0.15) is 0 Å². The van der Waals surface area contributed by atoms with E-state index in [1.54, 1.807) is 7.11 Å². The van der Waals surface area contributed by atoms with Crippen molar-refractivity contribution in [2.75, 3.05) is 20.3 Å². The van der Waals surface area contributed by atoms with E-state index in [0.29, 0.717) is 19.6 Å². The zero-order valence-corrected chi connectivity index (χ0v) is 9.12. The molecule has 84 valence electrons. The molecule has 0 amide bonds. The third-order valence-electron chi connectivity index (χ3n) is 1.80. The molecule has 0 spiro atoms. The van der Waals surface area contributed by atoms with E-state index in [9.17, 15) is 4.79 Å². The van der Waals surface area contributed by atoms with Gasteiger partial charge in [-0.2, -0.15) is 0 Å². The van der Waals surface area contributed by atoms with Crippen LogP contribution in [0, 0.1) is 0 Å². The number of methoxy groups -OCH3 is 1. The first-order valence-corrected chi connectivity index (χ1v) is 5.07. The first kappa shape index (κ1) is 13.4. The molecule has 0 aliphatic carbocycles. The summed E-state index contributed by atoms with van der Waals surface area (Å²) in [4.78, 5) is 11.1. The lowest BCUT2D eigenvalue weighted by Gasteiger charge is -2.05. The molecule has 1 unspecified atom stereocenters. The van der Waals surface area contributed by atoms with Crippen molar-refractivity contribution in [3.05, 3.63) is 0 Å². The molecule has 0 heterocycles. The molecular formula is C10H21NO3. The summed E-state index contributed by atoms with van der Waals surface area (Å²) in [6, 6.07) is 0.163. The van der Waals surface area contributed by atoms with Crippen LogP contribution in [0.1, 0.15) is 32.6 Å². The quantitative estimate of drug-likeness (QED) is 0.473. The highest BCUT2D eigenvalue weighted by Crippen LogP contribution is 2.00. The van der Waals surface area contributed by atoms with Crippen molar-refractivity contribution >= 4 is 5.97 Å². The molecule has 0 rings (SSSR count). The fourth-order valence-electron chi connectivity index (χ4n) is 1.03. The van der Waals surface area contributed by atoms with Gasteiger partial charge in [-0.05, 0) is 19.8 Å². The van der Waals surface area contributed by atoms with E-state index in [1.807, 2.05) is 6.92 Å². The fourth-order valence-corrected chi connectivity index (χ4v) is 1.03. The minimum atomic E-state index is -0.137. The second-order valence-electron chi connectivity index (χ2n) is 3.44. The number of rotatable bonds is 8. The summed E-state index contributed by atoms with van der Waals surface area (Å²) < 4.78 is 9.79. The van der Waals surface area contributed by atoms with Gasteiger partial charge in [0.15, 0.2) is 0 Å². The largest absolute Gasteiger partial charge is 0.466 e. The molecule has 0 aromatic heterocycles. The van der Waals surface area contributed by atoms with Gasteiger partial charge in [0.2, 0.25) is 0 Å². The molecule has 0 bridgehead atoms. The Morgan fingerprint density at radius 2 is 2.07 bits per heavy atom. The average molecular weight is 203 g/mol. The Kier molecular flexibility index (Phi) is 8.57. The van der Waals surface area contributed by atoms with Gasteiger partial charge in [-0.1, -0.05) is 0 Å². The van der Waals surface area contributed by atoms with Crippen molar-refractivity contribution in [2.24, 2.45) is 5.73 Å². The highest BCUT2D eigenvalue weighted by Gasteiger charge is 2.03. The lowest BCUT2D eigenvalue weighted by atomic mass is 10.1. The van der Waals surface area contributed by atoms with Crippen molar-refractivity contribution in [1.82, 2.24) is 0 Å². The van der Waals surface area contributed by atoms with E-state index in [2.05, 4.69) is 0 Å². The molecule has 0 saturated carbocycles. The number of hydrogen-bond donors (Lipinski definition) is 1. The topological polar surface area (TPSA) is 61.5 Å². The molecule has 1 atom stereocenters. The number of carbonyl (C=O) groups is 1. The maximum absolute atomic E-state index is 11.1. The summed E-state index contributed by atoms with van der Waals surface area (Å²) in [5.41, 5.74) is 5.55. The van der Waals surface area contributed by atoms with Crippen LogP contribution in [-0.2, 0) is 14.3 Å². The van der Waals surface area contributed by atoms with Crippen LogP contribution >= 0.6 is 0 Å². The van der Waals surface area contributed by atoms with Crippen LogP contribution in [0.3, 0.4) is 0 Å². The van der Waals surface area contributed by atoms with Gasteiger partial charge in [0.05, 0.1) is 6.61 Å². The summed E-state index contributed by atoms with van der Waals surface area (Å²) in [7, 11) is 1.63. The summed E-state index contributed by atoms with van der Waals surface area (Å²) in [6.45, 7) is 3.02. The molecule has 2 N–H and O–H groups in total. The molecule has 0 aromatic carbocycles. The number of carbonyl (C=O) groups excluding carboxylic acids is 1. The number of nitrogens with two attached hydrogens (primary N) is 1. The number of ether oxygens (including phenoxy) is 2. The zero-order chi connectivity index (χ0) is 10.8. The molecule has 4 heteroatoms. The minimum absolute atomic E-state index is 0.137. The van der Waals surface area contributed by atoms with Crippen LogP contribution in [0.4, 0.5) is 0 Å². The molecule has 0 aliphatic heterocycles. The van der Waals surface area contributed by atoms with E-state index in [0.717, 1.165) is 19.3 Å². The van der Waals surface area contributed by atoms with Gasteiger partial charge in [-0.15, -0.1) is 0 Å². The van der Waals surface area contributed by atoms with Crippen molar-refractivity contribution in [2.45, 2.75) is 38.6 Å². The normalized spacial score (nSPS) is 12.5. The average Bonchev–Trinajstić information content (AvgIpc) is 2.12. The molecule has 0 aromatic rings. The summed E-state index contributed by atoms with van der Waals surface area (Å²) in [5.74, 6) is -0.137. The van der Waals surface area contributed by atoms with Gasteiger partial charge >= 0.3 is 5.97 Å². The molecule has 0 fully saturated rings. The SMILES string of the molecule is COCCCOC(=O)CCCC(C)N. The van der Waals surface area contributed by atoms with E-state index in [4.69, 9.17) is 15.2 Å². The van der Waals surface area contributed by atoms with E-state index < -0.39 is 0 Å². The Morgan fingerprint density at radius 3 is 2.64 bits per heavy atom. The predicted molar refractivity (Wildman–Crippen MR) is 55.0 cm³/mol. The predicted octanol–water partition coefficient (Wildman–Crippen LogP) is 1.08. The first-order valence-electron chi connectivity index (χ1n) is 5.07. The maximum Gasteiger partial charge on any atom is 0.305 e. The second-order valence-corrected chi connectivity index (χ2v) is 3.44. The molecule has 14 heavy (non-hydrogen) atoms. The number of hydrogen-bond acceptors (Lipinski definition) is 4. The molecule has 0 radical (unpaired) electrons. The second kappa shape index (κ2) is 8.97. The lowest BCUT2D eigenvalue weighted by Crippen LogP contribution is -2.15. The summed E-state index contributed by atoms with van der Waals surface area (Å²) in [5, 5.41) is 0. The van der Waals surface area contributed by atoms with E-state index in [1.165, 1.54) is 0 Å². The highest BCUT2D eigenvalue weighted by atomic mass is 16.5. The molecule has 0 saturated heterocycles. The van der Waals surface area contributed by atoms with Crippen LogP contribution in [0.25, 0.3) is 0 Å². The van der Waals surface area contributed by atoms with Crippen LogP contribution < -0.4 is 5.73 Å². The first-order chi connectivity index (χ1) is 6.66. The maximum atomic E-state index is 11.1. The highest BCUT2D eigenvalue weighted by molar-refractivity contribution is 5.69. The van der Waals surface area contributed by atoms with Crippen molar-refractivity contribution in [3.8, 4) is 0 Å². The van der Waals surface area contributed by atoms with Crippen molar-refractivity contribution in [1.29, 1.82) is 0 Å². The Morgan fingerprint density at radius 1 is 1.36 bits per heavy atom. The van der Waals surface area contributed by atoms with Gasteiger partial charge in [0.25, 0.3) is 0 Å². The van der Waals surface area contributed by atoms with Gasteiger partial charge < -0.3 is 15.2 Å². The smallest absolute Gasteiger partial charge is 0.305 e. The van der Waals surface area contributed by atoms with Crippen LogP contribution in [-0.4, -0.2) is 32.3 Å². The Balaban J connectivity index is 3.20. The van der Waals surface area contributed by atoms with E-state index >= 15 is 0 Å². The monoisotopic (exact) mass is 203 g/mol. The van der Waals surface area contributed by atoms with Gasteiger partial charge in [0, 0.05) is 32.6 Å². The van der Waals surface area contributed by atoms with Crippen LogP contribution in [0.15, 0.2) is 0 Å². The van der Waals surface area contributed by atoms with Gasteiger partial charge in [-0.25, -0.2) is 0 Å². The lowest BCUT2D eigenvalue weighted by molar-refractivity contribution is -0.144.